The van der Waals surface area contributed by atoms with E-state index in [1.165, 1.54) is 4.88 Å². The largest absolute Gasteiger partial charge is 0.337 e. The molecule has 1 aliphatic rings. The van der Waals surface area contributed by atoms with Gasteiger partial charge in [-0.05, 0) is 45.4 Å². The summed E-state index contributed by atoms with van der Waals surface area (Å²) in [4.78, 5) is 22.9. The fourth-order valence-electron chi connectivity index (χ4n) is 3.18. The molecule has 0 atom stereocenters. The lowest BCUT2D eigenvalue weighted by Crippen LogP contribution is -2.35. The second-order valence-corrected chi connectivity index (χ2v) is 7.41. The molecule has 1 aromatic carbocycles. The topological polar surface area (TPSA) is 36.4 Å². The maximum atomic E-state index is 12.7. The molecule has 0 aliphatic carbocycles. The molecule has 0 spiro atoms. The van der Waals surface area contributed by atoms with Crippen molar-refractivity contribution < 1.29 is 4.79 Å². The Balaban J connectivity index is 1.55. The van der Waals surface area contributed by atoms with Gasteiger partial charge in [0.05, 0.1) is 11.2 Å². The van der Waals surface area contributed by atoms with Crippen LogP contribution in [-0.4, -0.2) is 53.4 Å². The Hall–Kier alpha value is -1.72. The molecule has 0 unspecified atom stereocenters. The highest BCUT2D eigenvalue weighted by molar-refractivity contribution is 7.09. The van der Waals surface area contributed by atoms with Crippen molar-refractivity contribution in [3.63, 3.8) is 0 Å². The number of thiazole rings is 1. The van der Waals surface area contributed by atoms with Crippen molar-refractivity contribution in [1.82, 2.24) is 14.8 Å². The van der Waals surface area contributed by atoms with Crippen LogP contribution in [0.25, 0.3) is 0 Å². The average molecular weight is 343 g/mol. The fraction of sp³-hybridized carbons (Fsp3) is 0.474. The maximum Gasteiger partial charge on any atom is 0.253 e. The number of carbonyl (C=O) groups excluding carboxylic acids is 1. The van der Waals surface area contributed by atoms with Crippen LogP contribution in [-0.2, 0) is 6.42 Å². The van der Waals surface area contributed by atoms with E-state index < -0.39 is 0 Å². The molecule has 1 aromatic heterocycles. The van der Waals surface area contributed by atoms with Gasteiger partial charge in [0.25, 0.3) is 5.91 Å². The predicted molar refractivity (Wildman–Crippen MR) is 98.7 cm³/mol. The minimum atomic E-state index is 0.166. The molecule has 1 aliphatic heterocycles. The van der Waals surface area contributed by atoms with E-state index in [1.54, 1.807) is 11.3 Å². The van der Waals surface area contributed by atoms with E-state index in [0.717, 1.165) is 62.4 Å². The van der Waals surface area contributed by atoms with Crippen LogP contribution in [0.3, 0.4) is 0 Å². The molecule has 128 valence electrons. The molecule has 0 radical (unpaired) electrons. The number of hydrogen-bond acceptors (Lipinski definition) is 4. The third-order valence-corrected chi connectivity index (χ3v) is 5.64. The number of carbonyl (C=O) groups is 1. The van der Waals surface area contributed by atoms with E-state index in [0.29, 0.717) is 0 Å². The summed E-state index contributed by atoms with van der Waals surface area (Å²) in [7, 11) is 0. The van der Waals surface area contributed by atoms with Crippen LogP contribution in [0, 0.1) is 13.8 Å². The summed E-state index contributed by atoms with van der Waals surface area (Å²) in [6.45, 7) is 8.84. The van der Waals surface area contributed by atoms with Crippen LogP contribution in [0.1, 0.15) is 32.9 Å². The van der Waals surface area contributed by atoms with Gasteiger partial charge >= 0.3 is 0 Å². The second kappa shape index (κ2) is 7.90. The van der Waals surface area contributed by atoms with E-state index in [9.17, 15) is 4.79 Å². The first-order valence-electron chi connectivity index (χ1n) is 8.61. The Bertz CT molecular complexity index is 697. The zero-order chi connectivity index (χ0) is 16.9. The van der Waals surface area contributed by atoms with Gasteiger partial charge in [-0.3, -0.25) is 4.79 Å². The summed E-state index contributed by atoms with van der Waals surface area (Å²) in [5.41, 5.74) is 5.03. The van der Waals surface area contributed by atoms with E-state index in [1.807, 2.05) is 41.6 Å². The molecule has 2 heterocycles. The summed E-state index contributed by atoms with van der Waals surface area (Å²) >= 11 is 1.75. The fourth-order valence-corrected chi connectivity index (χ4v) is 3.95. The van der Waals surface area contributed by atoms with Crippen molar-refractivity contribution in [1.29, 1.82) is 0 Å². The van der Waals surface area contributed by atoms with E-state index in [2.05, 4.69) is 16.8 Å². The number of benzene rings is 1. The Kier molecular flexibility index (Phi) is 5.63. The SMILES string of the molecule is Cc1cccc(C(=O)N2CCCN(CCc3scnc3C)CC2)c1. The number of aromatic nitrogens is 1. The van der Waals surface area contributed by atoms with Gasteiger partial charge < -0.3 is 9.80 Å². The first-order chi connectivity index (χ1) is 11.6. The van der Waals surface area contributed by atoms with Crippen LogP contribution >= 0.6 is 11.3 Å². The minimum absolute atomic E-state index is 0.166. The Morgan fingerprint density at radius 2 is 2.08 bits per heavy atom. The van der Waals surface area contributed by atoms with Crippen LogP contribution in [0.2, 0.25) is 0 Å². The Morgan fingerprint density at radius 1 is 1.21 bits per heavy atom. The van der Waals surface area contributed by atoms with Crippen molar-refractivity contribution in [3.8, 4) is 0 Å². The van der Waals surface area contributed by atoms with E-state index >= 15 is 0 Å². The molecule has 4 nitrogen and oxygen atoms in total. The lowest BCUT2D eigenvalue weighted by Gasteiger charge is -2.22. The zero-order valence-corrected chi connectivity index (χ0v) is 15.3. The van der Waals surface area contributed by atoms with Crippen LogP contribution in [0.5, 0.6) is 0 Å². The molecule has 5 heteroatoms. The zero-order valence-electron chi connectivity index (χ0n) is 14.5. The predicted octanol–water partition coefficient (Wildman–Crippen LogP) is 3.15. The lowest BCUT2D eigenvalue weighted by molar-refractivity contribution is 0.0761. The third kappa shape index (κ3) is 4.22. The quantitative estimate of drug-likeness (QED) is 0.856. The summed E-state index contributed by atoms with van der Waals surface area (Å²) in [5, 5.41) is 0. The lowest BCUT2D eigenvalue weighted by atomic mass is 10.1. The van der Waals surface area contributed by atoms with Gasteiger partial charge in [-0.15, -0.1) is 11.3 Å². The number of hydrogen-bond donors (Lipinski definition) is 0. The first kappa shape index (κ1) is 17.1. The standard InChI is InChI=1S/C19H25N3OS/c1-15-5-3-6-17(13-15)19(23)22-9-4-8-21(11-12-22)10-7-18-16(2)20-14-24-18/h3,5-6,13-14H,4,7-12H2,1-2H3. The number of nitrogens with zero attached hydrogens (tertiary/aromatic N) is 3. The van der Waals surface area contributed by atoms with Gasteiger partial charge in [0.15, 0.2) is 0 Å². The molecule has 0 bridgehead atoms. The van der Waals surface area contributed by atoms with E-state index in [4.69, 9.17) is 0 Å². The highest BCUT2D eigenvalue weighted by atomic mass is 32.1. The molecule has 1 amide bonds. The van der Waals surface area contributed by atoms with Crippen LogP contribution in [0.4, 0.5) is 0 Å². The van der Waals surface area contributed by atoms with Gasteiger partial charge in [0.1, 0.15) is 0 Å². The monoisotopic (exact) mass is 343 g/mol. The summed E-state index contributed by atoms with van der Waals surface area (Å²) in [5.74, 6) is 0.166. The summed E-state index contributed by atoms with van der Waals surface area (Å²) < 4.78 is 0. The molecular formula is C19H25N3OS. The highest BCUT2D eigenvalue weighted by Crippen LogP contribution is 2.15. The Morgan fingerprint density at radius 3 is 2.83 bits per heavy atom. The van der Waals surface area contributed by atoms with Crippen molar-refractivity contribution in [2.24, 2.45) is 0 Å². The second-order valence-electron chi connectivity index (χ2n) is 6.47. The molecule has 0 N–H and O–H groups in total. The van der Waals surface area contributed by atoms with Crippen molar-refractivity contribution in [2.75, 3.05) is 32.7 Å². The van der Waals surface area contributed by atoms with Gasteiger partial charge in [0.2, 0.25) is 0 Å². The number of aryl methyl sites for hydroxylation is 2. The maximum absolute atomic E-state index is 12.7. The van der Waals surface area contributed by atoms with Crippen LogP contribution < -0.4 is 0 Å². The summed E-state index contributed by atoms with van der Waals surface area (Å²) in [6.07, 6.45) is 2.10. The van der Waals surface area contributed by atoms with Crippen molar-refractivity contribution in [2.45, 2.75) is 26.7 Å². The highest BCUT2D eigenvalue weighted by Gasteiger charge is 2.20. The van der Waals surface area contributed by atoms with Gasteiger partial charge in [-0.25, -0.2) is 4.98 Å². The minimum Gasteiger partial charge on any atom is -0.337 e. The van der Waals surface area contributed by atoms with Crippen molar-refractivity contribution in [3.05, 3.63) is 51.5 Å². The van der Waals surface area contributed by atoms with Gasteiger partial charge in [-0.2, -0.15) is 0 Å². The molecule has 24 heavy (non-hydrogen) atoms. The smallest absolute Gasteiger partial charge is 0.253 e. The molecular weight excluding hydrogens is 318 g/mol. The Labute approximate surface area is 148 Å². The molecule has 2 aromatic rings. The van der Waals surface area contributed by atoms with Crippen molar-refractivity contribution >= 4 is 17.2 Å². The van der Waals surface area contributed by atoms with Crippen LogP contribution in [0.15, 0.2) is 29.8 Å². The molecule has 0 saturated carbocycles. The summed E-state index contributed by atoms with van der Waals surface area (Å²) in [6, 6.07) is 7.90. The number of rotatable bonds is 4. The normalized spacial score (nSPS) is 16.2. The molecule has 3 rings (SSSR count). The average Bonchev–Trinajstić information content (AvgIpc) is 2.84. The van der Waals surface area contributed by atoms with E-state index in [-0.39, 0.29) is 5.91 Å². The third-order valence-electron chi connectivity index (χ3n) is 4.64. The number of amides is 1. The first-order valence-corrected chi connectivity index (χ1v) is 9.49. The molecule has 1 saturated heterocycles. The van der Waals surface area contributed by atoms with Gasteiger partial charge in [0, 0.05) is 36.6 Å². The molecule has 1 fully saturated rings. The van der Waals surface area contributed by atoms with Gasteiger partial charge in [-0.1, -0.05) is 17.7 Å².